The van der Waals surface area contributed by atoms with E-state index in [1.54, 1.807) is 18.2 Å². The molecule has 174 valence electrons. The number of ketones is 2. The number of furan rings is 1. The molecule has 1 heterocycles. The summed E-state index contributed by atoms with van der Waals surface area (Å²) in [6, 6.07) is 18.9. The lowest BCUT2D eigenvalue weighted by atomic mass is 9.98. The summed E-state index contributed by atoms with van der Waals surface area (Å²) in [4.78, 5) is 25.2. The fraction of sp³-hybridized carbons (Fsp3) is 0.185. The lowest BCUT2D eigenvalue weighted by Gasteiger charge is -2.07. The van der Waals surface area contributed by atoms with Crippen LogP contribution in [0.15, 0.2) is 65.1 Å². The van der Waals surface area contributed by atoms with Crippen molar-refractivity contribution in [1.29, 1.82) is 0 Å². The summed E-state index contributed by atoms with van der Waals surface area (Å²) < 4.78 is 13.2. The molecule has 0 spiro atoms. The number of fused-ring (bicyclic) bond motifs is 1. The van der Waals surface area contributed by atoms with Crippen LogP contribution in [0.4, 0.5) is 0 Å². The van der Waals surface area contributed by atoms with E-state index in [4.69, 9.17) is 9.15 Å². The molecule has 4 rings (SSSR count). The largest absolute Gasteiger partial charge is 0.506 e. The van der Waals surface area contributed by atoms with E-state index in [2.05, 4.69) is 12.1 Å². The number of halogens is 2. The summed E-state index contributed by atoms with van der Waals surface area (Å²) in [5.41, 5.74) is 2.65. The maximum absolute atomic E-state index is 13.6. The molecule has 4 aromatic rings. The van der Waals surface area contributed by atoms with E-state index in [1.807, 2.05) is 75.5 Å². The first kappa shape index (κ1) is 24.7. The fourth-order valence-corrected chi connectivity index (χ4v) is 5.47. The Labute approximate surface area is 224 Å². The molecule has 0 aliphatic rings. The van der Waals surface area contributed by atoms with Crippen molar-refractivity contribution in [2.75, 3.05) is 6.61 Å². The van der Waals surface area contributed by atoms with Gasteiger partial charge in [-0.25, -0.2) is 0 Å². The minimum absolute atomic E-state index is 0.0255. The molecule has 0 saturated carbocycles. The minimum Gasteiger partial charge on any atom is -0.506 e. The van der Waals surface area contributed by atoms with Gasteiger partial charge in [0.1, 0.15) is 28.6 Å². The minimum atomic E-state index is -0.203. The number of rotatable bonds is 9. The highest BCUT2D eigenvalue weighted by Gasteiger charge is 2.24. The fourth-order valence-electron chi connectivity index (χ4n) is 3.70. The van der Waals surface area contributed by atoms with Crippen LogP contribution in [0.25, 0.3) is 11.0 Å². The third kappa shape index (κ3) is 5.63. The highest BCUT2D eigenvalue weighted by atomic mass is 127. The highest BCUT2D eigenvalue weighted by molar-refractivity contribution is 14.1. The summed E-state index contributed by atoms with van der Waals surface area (Å²) in [6.45, 7) is 2.04. The predicted octanol–water partition coefficient (Wildman–Crippen LogP) is 6.72. The first-order chi connectivity index (χ1) is 16.3. The standard InChI is InChI=1S/C27H22I2O5/c1-16(30)7-10-23-25(26(31)18-13-21(28)27(32)22(29)14-18)20-9-8-19(15-24(20)34-23)33-12-11-17-5-3-2-4-6-17/h2-6,8-9,13-15,32H,7,10-12H2,1H3. The van der Waals surface area contributed by atoms with Crippen LogP contribution >= 0.6 is 45.2 Å². The number of phenolic OH excluding ortho intramolecular Hbond substituents is 1. The normalized spacial score (nSPS) is 11.0. The van der Waals surface area contributed by atoms with Crippen molar-refractivity contribution in [3.8, 4) is 11.5 Å². The number of Topliss-reactive ketones (excluding diaryl/α,β-unsaturated/α-hetero) is 1. The summed E-state index contributed by atoms with van der Waals surface area (Å²) in [7, 11) is 0. The van der Waals surface area contributed by atoms with Crippen molar-refractivity contribution >= 4 is 67.7 Å². The molecule has 3 aromatic carbocycles. The van der Waals surface area contributed by atoms with E-state index in [0.717, 1.165) is 6.42 Å². The van der Waals surface area contributed by atoms with Gasteiger partial charge in [0.25, 0.3) is 0 Å². The number of hydrogen-bond acceptors (Lipinski definition) is 5. The monoisotopic (exact) mass is 680 g/mol. The Morgan fingerprint density at radius 1 is 0.971 bits per heavy atom. The van der Waals surface area contributed by atoms with Gasteiger partial charge in [-0.15, -0.1) is 0 Å². The molecule has 1 N–H and O–H groups in total. The van der Waals surface area contributed by atoms with Crippen molar-refractivity contribution in [2.24, 2.45) is 0 Å². The molecular weight excluding hydrogens is 658 g/mol. The van der Waals surface area contributed by atoms with Gasteiger partial charge in [0.2, 0.25) is 0 Å². The van der Waals surface area contributed by atoms with Crippen molar-refractivity contribution in [3.05, 3.63) is 90.3 Å². The van der Waals surface area contributed by atoms with Crippen molar-refractivity contribution in [1.82, 2.24) is 0 Å². The molecule has 0 saturated heterocycles. The van der Waals surface area contributed by atoms with E-state index < -0.39 is 0 Å². The van der Waals surface area contributed by atoms with Crippen LogP contribution in [-0.2, 0) is 17.6 Å². The zero-order valence-electron chi connectivity index (χ0n) is 18.4. The Kier molecular flexibility index (Phi) is 7.92. The molecule has 0 aliphatic heterocycles. The van der Waals surface area contributed by atoms with E-state index in [9.17, 15) is 14.7 Å². The van der Waals surface area contributed by atoms with Gasteiger partial charge in [-0.05, 0) is 81.9 Å². The molecule has 0 bridgehead atoms. The van der Waals surface area contributed by atoms with E-state index in [1.165, 1.54) is 12.5 Å². The van der Waals surface area contributed by atoms with Crippen molar-refractivity contribution in [3.63, 3.8) is 0 Å². The number of hydrogen-bond donors (Lipinski definition) is 1. The average molecular weight is 680 g/mol. The van der Waals surface area contributed by atoms with Gasteiger partial charge < -0.3 is 19.1 Å². The van der Waals surface area contributed by atoms with Crippen LogP contribution in [0, 0.1) is 7.14 Å². The average Bonchev–Trinajstić information content (AvgIpc) is 3.18. The Bertz CT molecular complexity index is 1340. The molecule has 0 atom stereocenters. The van der Waals surface area contributed by atoms with Crippen LogP contribution in [0.5, 0.6) is 11.5 Å². The lowest BCUT2D eigenvalue weighted by molar-refractivity contribution is -0.117. The number of phenols is 1. The predicted molar refractivity (Wildman–Crippen MR) is 148 cm³/mol. The molecule has 7 heteroatoms. The van der Waals surface area contributed by atoms with Crippen molar-refractivity contribution in [2.45, 2.75) is 26.2 Å². The molecule has 0 fully saturated rings. The highest BCUT2D eigenvalue weighted by Crippen LogP contribution is 2.34. The molecule has 0 radical (unpaired) electrons. The SMILES string of the molecule is CC(=O)CCc1oc2cc(OCCc3ccccc3)ccc2c1C(=O)c1cc(I)c(O)c(I)c1. The number of aromatic hydroxyl groups is 1. The van der Waals surface area contributed by atoms with Gasteiger partial charge >= 0.3 is 0 Å². The number of benzene rings is 3. The first-order valence-corrected chi connectivity index (χ1v) is 12.9. The van der Waals surface area contributed by atoms with Gasteiger partial charge in [0.15, 0.2) is 5.78 Å². The van der Waals surface area contributed by atoms with Crippen LogP contribution < -0.4 is 4.74 Å². The second-order valence-electron chi connectivity index (χ2n) is 7.96. The number of ether oxygens (including phenoxy) is 1. The van der Waals surface area contributed by atoms with Gasteiger partial charge in [0, 0.05) is 36.3 Å². The topological polar surface area (TPSA) is 76.7 Å². The van der Waals surface area contributed by atoms with Gasteiger partial charge in [-0.3, -0.25) is 4.79 Å². The second-order valence-corrected chi connectivity index (χ2v) is 10.3. The molecule has 1 aromatic heterocycles. The van der Waals surface area contributed by atoms with Crippen LogP contribution in [0.3, 0.4) is 0 Å². The van der Waals surface area contributed by atoms with Gasteiger partial charge in [-0.2, -0.15) is 0 Å². The molecule has 0 aliphatic carbocycles. The van der Waals surface area contributed by atoms with Gasteiger partial charge in [-0.1, -0.05) is 30.3 Å². The third-order valence-corrected chi connectivity index (χ3v) is 7.09. The Balaban J connectivity index is 1.66. The van der Waals surface area contributed by atoms with E-state index in [0.29, 0.717) is 53.8 Å². The van der Waals surface area contributed by atoms with Crippen molar-refractivity contribution < 1.29 is 23.8 Å². The van der Waals surface area contributed by atoms with Gasteiger partial charge in [0.05, 0.1) is 19.3 Å². The zero-order valence-corrected chi connectivity index (χ0v) is 22.8. The smallest absolute Gasteiger partial charge is 0.197 e. The quantitative estimate of drug-likeness (QED) is 0.157. The summed E-state index contributed by atoms with van der Waals surface area (Å²) in [5.74, 6) is 1.12. The summed E-state index contributed by atoms with van der Waals surface area (Å²) in [5, 5.41) is 10.8. The first-order valence-electron chi connectivity index (χ1n) is 10.8. The molecule has 34 heavy (non-hydrogen) atoms. The Morgan fingerprint density at radius 2 is 1.68 bits per heavy atom. The zero-order chi connectivity index (χ0) is 24.2. The maximum Gasteiger partial charge on any atom is 0.197 e. The molecule has 5 nitrogen and oxygen atoms in total. The van der Waals surface area contributed by atoms with E-state index in [-0.39, 0.29) is 23.7 Å². The molecule has 0 amide bonds. The number of aryl methyl sites for hydroxylation is 1. The number of carbonyl (C=O) groups is 2. The van der Waals surface area contributed by atoms with Crippen LogP contribution in [-0.4, -0.2) is 23.3 Å². The number of carbonyl (C=O) groups excluding carboxylic acids is 2. The van der Waals surface area contributed by atoms with E-state index >= 15 is 0 Å². The Hall–Kier alpha value is -2.40. The maximum atomic E-state index is 13.6. The van der Waals surface area contributed by atoms with Crippen LogP contribution in [0.2, 0.25) is 0 Å². The van der Waals surface area contributed by atoms with Crippen LogP contribution in [0.1, 0.15) is 40.6 Å². The Morgan fingerprint density at radius 3 is 2.35 bits per heavy atom. The second kappa shape index (κ2) is 10.9. The summed E-state index contributed by atoms with van der Waals surface area (Å²) in [6.07, 6.45) is 1.40. The molecule has 0 unspecified atom stereocenters. The lowest BCUT2D eigenvalue weighted by Crippen LogP contribution is -2.06. The third-order valence-electron chi connectivity index (χ3n) is 5.45. The molecular formula is C27H22I2O5. The summed E-state index contributed by atoms with van der Waals surface area (Å²) >= 11 is 4.02.